The second-order valence-corrected chi connectivity index (χ2v) is 7.33. The van der Waals surface area contributed by atoms with Gasteiger partial charge in [-0.15, -0.1) is 0 Å². The van der Waals surface area contributed by atoms with Gasteiger partial charge in [-0.1, -0.05) is 44.2 Å². The van der Waals surface area contributed by atoms with Crippen LogP contribution >= 0.6 is 0 Å². The molecule has 0 radical (unpaired) electrons. The van der Waals surface area contributed by atoms with Gasteiger partial charge < -0.3 is 15.1 Å². The van der Waals surface area contributed by atoms with E-state index in [1.54, 1.807) is 16.9 Å². The number of benzene rings is 1. The molecule has 1 atom stereocenters. The van der Waals surface area contributed by atoms with Crippen LogP contribution in [0.1, 0.15) is 30.9 Å². The van der Waals surface area contributed by atoms with Crippen LogP contribution in [0, 0.1) is 12.8 Å². The number of rotatable bonds is 8. The average Bonchev–Trinajstić information content (AvgIpc) is 3.29. The Bertz CT molecular complexity index is 959. The van der Waals surface area contributed by atoms with E-state index in [0.717, 1.165) is 17.1 Å². The lowest BCUT2D eigenvalue weighted by atomic mass is 10.0. The first-order chi connectivity index (χ1) is 13.9. The summed E-state index contributed by atoms with van der Waals surface area (Å²) in [6, 6.07) is 14.3. The van der Waals surface area contributed by atoms with Crippen molar-refractivity contribution >= 4 is 17.6 Å². The zero-order chi connectivity index (χ0) is 20.8. The summed E-state index contributed by atoms with van der Waals surface area (Å²) in [7, 11) is 0. The lowest BCUT2D eigenvalue weighted by Gasteiger charge is -2.22. The highest BCUT2D eigenvalue weighted by Crippen LogP contribution is 2.14. The molecule has 7 heteroatoms. The monoisotopic (exact) mass is 394 g/mol. The molecule has 29 heavy (non-hydrogen) atoms. The molecule has 2 aromatic heterocycles. The van der Waals surface area contributed by atoms with Crippen LogP contribution in [0.5, 0.6) is 0 Å². The fourth-order valence-corrected chi connectivity index (χ4v) is 3.03. The minimum Gasteiger partial charge on any atom is -0.464 e. The second kappa shape index (κ2) is 9.23. The molecular weight excluding hydrogens is 368 g/mol. The number of carbonyl (C=O) groups is 2. The van der Waals surface area contributed by atoms with Gasteiger partial charge in [-0.25, -0.2) is 4.68 Å². The molecule has 7 nitrogen and oxygen atoms in total. The Kier molecular flexibility index (Phi) is 6.49. The number of nitrogens with zero attached hydrogens (tertiary/aromatic N) is 2. The lowest BCUT2D eigenvalue weighted by molar-refractivity contribution is -0.127. The summed E-state index contributed by atoms with van der Waals surface area (Å²) < 4.78 is 7.23. The van der Waals surface area contributed by atoms with E-state index in [1.807, 2.05) is 63.2 Å². The highest BCUT2D eigenvalue weighted by Gasteiger charge is 2.25. The zero-order valence-corrected chi connectivity index (χ0v) is 16.9. The van der Waals surface area contributed by atoms with Gasteiger partial charge in [0.25, 0.3) is 0 Å². The summed E-state index contributed by atoms with van der Waals surface area (Å²) in [5.41, 5.74) is 0.903. The molecule has 0 aliphatic heterocycles. The summed E-state index contributed by atoms with van der Waals surface area (Å²) in [5.74, 6) is 1.58. The van der Waals surface area contributed by atoms with Crippen LogP contribution in [0.15, 0.2) is 59.1 Å². The number of carbonyl (C=O) groups excluding carboxylic acids is 2. The van der Waals surface area contributed by atoms with Crippen molar-refractivity contribution in [3.8, 4) is 0 Å². The number of furan rings is 1. The lowest BCUT2D eigenvalue weighted by Crippen LogP contribution is -2.47. The number of amides is 2. The van der Waals surface area contributed by atoms with Crippen LogP contribution < -0.4 is 10.6 Å². The standard InChI is InChI=1S/C22H26N4O3/c1-15(2)21(25-20(27)13-17-7-5-4-6-8-17)22(28)24-19-11-12-23-26(19)14-18-10-9-16(3)29-18/h4-12,15,21H,13-14H2,1-3H3,(H,24,28)(H,25,27)/t21-/m0/s1. The molecule has 2 amide bonds. The van der Waals surface area contributed by atoms with E-state index < -0.39 is 6.04 Å². The maximum Gasteiger partial charge on any atom is 0.248 e. The molecule has 0 aliphatic carbocycles. The van der Waals surface area contributed by atoms with E-state index in [9.17, 15) is 9.59 Å². The number of hydrogen-bond donors (Lipinski definition) is 2. The first-order valence-corrected chi connectivity index (χ1v) is 9.63. The summed E-state index contributed by atoms with van der Waals surface area (Å²) >= 11 is 0. The van der Waals surface area contributed by atoms with E-state index >= 15 is 0 Å². The largest absolute Gasteiger partial charge is 0.464 e. The van der Waals surface area contributed by atoms with Crippen molar-refractivity contribution in [3.63, 3.8) is 0 Å². The minimum atomic E-state index is -0.652. The first-order valence-electron chi connectivity index (χ1n) is 9.63. The van der Waals surface area contributed by atoms with E-state index in [-0.39, 0.29) is 24.2 Å². The van der Waals surface area contributed by atoms with Gasteiger partial charge in [0.15, 0.2) is 0 Å². The van der Waals surface area contributed by atoms with Crippen molar-refractivity contribution in [2.75, 3.05) is 5.32 Å². The molecule has 0 spiro atoms. The highest BCUT2D eigenvalue weighted by molar-refractivity contribution is 5.97. The highest BCUT2D eigenvalue weighted by atomic mass is 16.3. The Morgan fingerprint density at radius 3 is 2.52 bits per heavy atom. The minimum absolute atomic E-state index is 0.0705. The van der Waals surface area contributed by atoms with Crippen LogP contribution in [0.25, 0.3) is 0 Å². The van der Waals surface area contributed by atoms with Gasteiger partial charge in [0.2, 0.25) is 11.8 Å². The van der Waals surface area contributed by atoms with Crippen molar-refractivity contribution in [1.82, 2.24) is 15.1 Å². The maximum atomic E-state index is 12.9. The molecule has 0 saturated heterocycles. The maximum absolute atomic E-state index is 12.9. The van der Waals surface area contributed by atoms with Crippen LogP contribution in [-0.4, -0.2) is 27.6 Å². The number of aromatic nitrogens is 2. The topological polar surface area (TPSA) is 89.2 Å². The van der Waals surface area contributed by atoms with Gasteiger partial charge >= 0.3 is 0 Å². The Morgan fingerprint density at radius 2 is 1.86 bits per heavy atom. The Labute approximate surface area is 170 Å². The van der Waals surface area contributed by atoms with Crippen molar-refractivity contribution < 1.29 is 14.0 Å². The number of anilines is 1. The number of nitrogens with one attached hydrogen (secondary N) is 2. The molecule has 3 aromatic rings. The van der Waals surface area contributed by atoms with Gasteiger partial charge in [0.05, 0.1) is 12.6 Å². The molecule has 0 bridgehead atoms. The molecule has 152 valence electrons. The average molecular weight is 394 g/mol. The molecule has 3 rings (SSSR count). The molecule has 0 saturated carbocycles. The third-order valence-corrected chi connectivity index (χ3v) is 4.54. The molecule has 2 heterocycles. The molecular formula is C22H26N4O3. The van der Waals surface area contributed by atoms with Gasteiger partial charge in [0, 0.05) is 6.07 Å². The fraction of sp³-hybridized carbons (Fsp3) is 0.318. The van der Waals surface area contributed by atoms with Crippen LogP contribution in [0.4, 0.5) is 5.82 Å². The second-order valence-electron chi connectivity index (χ2n) is 7.33. The van der Waals surface area contributed by atoms with E-state index in [1.165, 1.54) is 0 Å². The Balaban J connectivity index is 1.64. The van der Waals surface area contributed by atoms with Gasteiger partial charge in [-0.2, -0.15) is 5.10 Å². The summed E-state index contributed by atoms with van der Waals surface area (Å²) in [6.07, 6.45) is 1.84. The Morgan fingerprint density at radius 1 is 1.10 bits per heavy atom. The van der Waals surface area contributed by atoms with E-state index in [4.69, 9.17) is 4.42 Å². The van der Waals surface area contributed by atoms with Crippen LogP contribution in [0.2, 0.25) is 0 Å². The molecule has 0 unspecified atom stereocenters. The summed E-state index contributed by atoms with van der Waals surface area (Å²) in [5, 5.41) is 9.97. The van der Waals surface area contributed by atoms with Gasteiger partial charge in [-0.05, 0) is 30.5 Å². The normalized spacial score (nSPS) is 12.0. The first kappa shape index (κ1) is 20.4. The van der Waals surface area contributed by atoms with E-state index in [0.29, 0.717) is 12.4 Å². The SMILES string of the molecule is Cc1ccc(Cn2nccc2NC(=O)[C@@H](NC(=O)Cc2ccccc2)C(C)C)o1. The van der Waals surface area contributed by atoms with Crippen molar-refractivity contribution in [1.29, 1.82) is 0 Å². The predicted molar refractivity (Wildman–Crippen MR) is 110 cm³/mol. The van der Waals surface area contributed by atoms with Gasteiger partial charge in [0.1, 0.15) is 29.9 Å². The summed E-state index contributed by atoms with van der Waals surface area (Å²) in [4.78, 5) is 25.3. The van der Waals surface area contributed by atoms with Gasteiger partial charge in [-0.3, -0.25) is 9.59 Å². The molecule has 0 fully saturated rings. The zero-order valence-electron chi connectivity index (χ0n) is 16.9. The molecule has 0 aliphatic rings. The summed E-state index contributed by atoms with van der Waals surface area (Å²) in [6.45, 7) is 6.08. The molecule has 1 aromatic carbocycles. The Hall–Kier alpha value is -3.35. The van der Waals surface area contributed by atoms with Crippen molar-refractivity contribution in [2.45, 2.75) is 39.8 Å². The number of aryl methyl sites for hydroxylation is 1. The third-order valence-electron chi connectivity index (χ3n) is 4.54. The molecule has 2 N–H and O–H groups in total. The fourth-order valence-electron chi connectivity index (χ4n) is 3.03. The third kappa shape index (κ3) is 5.57. The quantitative estimate of drug-likeness (QED) is 0.614. The predicted octanol–water partition coefficient (Wildman–Crippen LogP) is 3.15. The number of hydrogen-bond acceptors (Lipinski definition) is 4. The van der Waals surface area contributed by atoms with E-state index in [2.05, 4.69) is 15.7 Å². The van der Waals surface area contributed by atoms with Crippen molar-refractivity contribution in [2.24, 2.45) is 5.92 Å². The van der Waals surface area contributed by atoms with Crippen LogP contribution in [-0.2, 0) is 22.6 Å². The van der Waals surface area contributed by atoms with Crippen LogP contribution in [0.3, 0.4) is 0 Å². The smallest absolute Gasteiger partial charge is 0.248 e. The van der Waals surface area contributed by atoms with Crippen molar-refractivity contribution in [3.05, 3.63) is 71.8 Å².